The maximum atomic E-state index is 10.5. The fraction of sp³-hybridized carbons (Fsp3) is 0.429. The van der Waals surface area contributed by atoms with Crippen molar-refractivity contribution in [3.8, 4) is 0 Å². The molecule has 0 bridgehead atoms. The third kappa shape index (κ3) is 3.94. The average molecular weight is 231 g/mol. The first-order valence-electron chi connectivity index (χ1n) is 4.23. The van der Waals surface area contributed by atoms with Crippen molar-refractivity contribution in [1.29, 1.82) is 0 Å². The zero-order valence-electron chi connectivity index (χ0n) is 8.12. The number of nitrogens with zero attached hydrogens (tertiary/aromatic N) is 3. The van der Waals surface area contributed by atoms with Crippen molar-refractivity contribution in [3.63, 3.8) is 0 Å². The van der Waals surface area contributed by atoms with E-state index in [2.05, 4.69) is 25.6 Å². The van der Waals surface area contributed by atoms with Crippen molar-refractivity contribution in [2.45, 2.75) is 6.42 Å². The Bertz CT molecular complexity index is 357. The van der Waals surface area contributed by atoms with Gasteiger partial charge in [-0.3, -0.25) is 4.79 Å². The van der Waals surface area contributed by atoms with Crippen LogP contribution in [0.3, 0.4) is 0 Å². The molecule has 1 rings (SSSR count). The van der Waals surface area contributed by atoms with Crippen LogP contribution in [0.4, 0.5) is 11.9 Å². The second-order valence-corrected chi connectivity index (χ2v) is 2.98. The van der Waals surface area contributed by atoms with Crippen LogP contribution in [0.1, 0.15) is 6.42 Å². The maximum Gasteiger partial charge on any atom is 0.228 e. The number of carbonyl (C=O) groups is 1. The van der Waals surface area contributed by atoms with Gasteiger partial charge in [-0.1, -0.05) is 0 Å². The van der Waals surface area contributed by atoms with Crippen LogP contribution in [-0.4, -0.2) is 34.5 Å². The quantitative estimate of drug-likeness (QED) is 0.650. The maximum absolute atomic E-state index is 10.5. The molecule has 0 unspecified atom stereocenters. The van der Waals surface area contributed by atoms with Crippen molar-refractivity contribution < 1.29 is 4.79 Å². The van der Waals surface area contributed by atoms with Crippen LogP contribution in [0.5, 0.6) is 0 Å². The van der Waals surface area contributed by atoms with E-state index in [4.69, 9.17) is 17.3 Å². The number of halogens is 1. The Hall–Kier alpha value is -1.63. The van der Waals surface area contributed by atoms with Gasteiger partial charge in [-0.2, -0.15) is 15.0 Å². The van der Waals surface area contributed by atoms with Gasteiger partial charge in [0.25, 0.3) is 0 Å². The van der Waals surface area contributed by atoms with Crippen molar-refractivity contribution in [2.75, 3.05) is 24.2 Å². The van der Waals surface area contributed by atoms with Crippen LogP contribution >= 0.6 is 11.6 Å². The molecule has 8 heteroatoms. The van der Waals surface area contributed by atoms with E-state index >= 15 is 0 Å². The minimum Gasteiger partial charge on any atom is -0.370 e. The van der Waals surface area contributed by atoms with Crippen molar-refractivity contribution >= 4 is 29.4 Å². The molecule has 0 atom stereocenters. The molecule has 0 aromatic carbocycles. The summed E-state index contributed by atoms with van der Waals surface area (Å²) in [6, 6.07) is 0. The second-order valence-electron chi connectivity index (χ2n) is 2.64. The molecule has 82 valence electrons. The number of hydrogen-bond acceptors (Lipinski definition) is 6. The van der Waals surface area contributed by atoms with Gasteiger partial charge in [-0.05, 0) is 11.6 Å². The minimum absolute atomic E-state index is 0.0796. The first kappa shape index (κ1) is 11.4. The molecule has 0 fully saturated rings. The Kier molecular flexibility index (Phi) is 4.04. The van der Waals surface area contributed by atoms with Gasteiger partial charge in [0.15, 0.2) is 0 Å². The number of aromatic nitrogens is 3. The third-order valence-electron chi connectivity index (χ3n) is 1.49. The lowest BCUT2D eigenvalue weighted by atomic mass is 10.4. The van der Waals surface area contributed by atoms with Crippen molar-refractivity contribution in [3.05, 3.63) is 5.28 Å². The largest absolute Gasteiger partial charge is 0.370 e. The lowest BCUT2D eigenvalue weighted by Gasteiger charge is -2.04. The zero-order chi connectivity index (χ0) is 11.3. The number of primary amides is 1. The summed E-state index contributed by atoms with van der Waals surface area (Å²) in [6.07, 6.45) is 0.207. The second kappa shape index (κ2) is 5.30. The lowest BCUT2D eigenvalue weighted by Crippen LogP contribution is -2.17. The summed E-state index contributed by atoms with van der Waals surface area (Å²) in [4.78, 5) is 22.1. The number of anilines is 2. The molecule has 1 aromatic heterocycles. The smallest absolute Gasteiger partial charge is 0.228 e. The fourth-order valence-corrected chi connectivity index (χ4v) is 0.999. The van der Waals surface area contributed by atoms with Crippen molar-refractivity contribution in [2.24, 2.45) is 5.73 Å². The molecule has 0 aliphatic heterocycles. The Morgan fingerprint density at radius 3 is 2.67 bits per heavy atom. The number of hydrogen-bond donors (Lipinski definition) is 3. The summed E-state index contributed by atoms with van der Waals surface area (Å²) in [7, 11) is 1.67. The van der Waals surface area contributed by atoms with Gasteiger partial charge in [-0.25, -0.2) is 0 Å². The summed E-state index contributed by atoms with van der Waals surface area (Å²) in [5.74, 6) is 0.272. The van der Waals surface area contributed by atoms with E-state index in [9.17, 15) is 4.79 Å². The van der Waals surface area contributed by atoms with Gasteiger partial charge in [0, 0.05) is 20.0 Å². The molecule has 1 aromatic rings. The lowest BCUT2D eigenvalue weighted by molar-refractivity contribution is -0.117. The van der Waals surface area contributed by atoms with Crippen LogP contribution in [-0.2, 0) is 4.79 Å². The standard InChI is InChI=1S/C7H11ClN6O/c1-10-6-12-5(8)13-7(14-6)11-3-2-4(9)15/h2-3H2,1H3,(H2,9,15)(H2,10,11,12,13,14). The van der Waals surface area contributed by atoms with Gasteiger partial charge in [0.1, 0.15) is 0 Å². The van der Waals surface area contributed by atoms with Gasteiger partial charge < -0.3 is 16.4 Å². The van der Waals surface area contributed by atoms with E-state index in [1.54, 1.807) is 7.05 Å². The molecule has 1 amide bonds. The Morgan fingerprint density at radius 2 is 2.07 bits per heavy atom. The van der Waals surface area contributed by atoms with Crippen molar-refractivity contribution in [1.82, 2.24) is 15.0 Å². The van der Waals surface area contributed by atoms with Crippen LogP contribution < -0.4 is 16.4 Å². The summed E-state index contributed by atoms with van der Waals surface area (Å²) in [5, 5.41) is 5.61. The highest BCUT2D eigenvalue weighted by molar-refractivity contribution is 6.28. The molecule has 0 aliphatic carbocycles. The molecular weight excluding hydrogens is 220 g/mol. The molecule has 1 heterocycles. The number of nitrogens with one attached hydrogen (secondary N) is 2. The number of amides is 1. The summed E-state index contributed by atoms with van der Waals surface area (Å²) in [6.45, 7) is 0.360. The molecular formula is C7H11ClN6O. The predicted molar refractivity (Wildman–Crippen MR) is 56.7 cm³/mol. The zero-order valence-corrected chi connectivity index (χ0v) is 8.88. The minimum atomic E-state index is -0.392. The first-order valence-corrected chi connectivity index (χ1v) is 4.61. The normalized spacial score (nSPS) is 9.73. The van der Waals surface area contributed by atoms with E-state index in [1.807, 2.05) is 0 Å². The Morgan fingerprint density at radius 1 is 1.40 bits per heavy atom. The molecule has 0 saturated carbocycles. The third-order valence-corrected chi connectivity index (χ3v) is 1.66. The number of nitrogens with two attached hydrogens (primary N) is 1. The van der Waals surface area contributed by atoms with Gasteiger partial charge in [-0.15, -0.1) is 0 Å². The highest BCUT2D eigenvalue weighted by Crippen LogP contribution is 2.08. The SMILES string of the molecule is CNc1nc(Cl)nc(NCCC(N)=O)n1. The van der Waals surface area contributed by atoms with Gasteiger partial charge in [0.2, 0.25) is 23.1 Å². The summed E-state index contributed by atoms with van der Waals surface area (Å²) < 4.78 is 0. The molecule has 0 radical (unpaired) electrons. The predicted octanol–water partition coefficient (Wildman–Crippen LogP) is -0.146. The Balaban J connectivity index is 2.60. The number of carbonyl (C=O) groups excluding carboxylic acids is 1. The van der Waals surface area contributed by atoms with E-state index in [0.717, 1.165) is 0 Å². The summed E-state index contributed by atoms with van der Waals surface area (Å²) >= 11 is 5.64. The molecule has 0 spiro atoms. The summed E-state index contributed by atoms with van der Waals surface area (Å²) in [5.41, 5.74) is 4.97. The fourth-order valence-electron chi connectivity index (χ4n) is 0.838. The number of rotatable bonds is 5. The van der Waals surface area contributed by atoms with Crippen LogP contribution in [0.15, 0.2) is 0 Å². The monoisotopic (exact) mass is 230 g/mol. The average Bonchev–Trinajstić information content (AvgIpc) is 2.16. The highest BCUT2D eigenvalue weighted by atomic mass is 35.5. The topological polar surface area (TPSA) is 106 Å². The van der Waals surface area contributed by atoms with Crippen LogP contribution in [0.25, 0.3) is 0 Å². The van der Waals surface area contributed by atoms with Crippen LogP contribution in [0.2, 0.25) is 5.28 Å². The molecule has 7 nitrogen and oxygen atoms in total. The molecule has 0 aliphatic rings. The van der Waals surface area contributed by atoms with E-state index in [-0.39, 0.29) is 11.7 Å². The highest BCUT2D eigenvalue weighted by Gasteiger charge is 2.03. The van der Waals surface area contributed by atoms with E-state index in [1.165, 1.54) is 0 Å². The molecule has 4 N–H and O–H groups in total. The Labute approximate surface area is 91.5 Å². The van der Waals surface area contributed by atoms with Gasteiger partial charge in [0.05, 0.1) is 0 Å². The van der Waals surface area contributed by atoms with E-state index < -0.39 is 5.91 Å². The molecule has 0 saturated heterocycles. The molecule has 15 heavy (non-hydrogen) atoms. The van der Waals surface area contributed by atoms with Gasteiger partial charge >= 0.3 is 0 Å². The first-order chi connectivity index (χ1) is 7.11. The van der Waals surface area contributed by atoms with E-state index in [0.29, 0.717) is 18.4 Å². The van der Waals surface area contributed by atoms with Crippen LogP contribution in [0, 0.1) is 0 Å².